The lowest BCUT2D eigenvalue weighted by molar-refractivity contribution is -0.137. The molecule has 2 aromatic rings. The van der Waals surface area contributed by atoms with Crippen molar-refractivity contribution in [3.05, 3.63) is 41.5 Å². The quantitative estimate of drug-likeness (QED) is 0.853. The van der Waals surface area contributed by atoms with Crippen LogP contribution in [0.5, 0.6) is 0 Å². The first-order valence-corrected chi connectivity index (χ1v) is 8.22. The molecule has 1 saturated heterocycles. The van der Waals surface area contributed by atoms with Crippen LogP contribution in [0, 0.1) is 5.92 Å². The fourth-order valence-corrected chi connectivity index (χ4v) is 3.03. The largest absolute Gasteiger partial charge is 0.416 e. The third-order valence-corrected chi connectivity index (χ3v) is 4.55. The lowest BCUT2D eigenvalue weighted by Gasteiger charge is -2.11. The van der Waals surface area contributed by atoms with Crippen molar-refractivity contribution in [1.29, 1.82) is 0 Å². The lowest BCUT2D eigenvalue weighted by Crippen LogP contribution is -2.12. The van der Waals surface area contributed by atoms with Gasteiger partial charge in [0.25, 0.3) is 0 Å². The molecule has 1 aromatic heterocycles. The Hall–Kier alpha value is -1.89. The summed E-state index contributed by atoms with van der Waals surface area (Å²) in [6.07, 6.45) is -0.628. The van der Waals surface area contributed by atoms with Crippen LogP contribution in [0.25, 0.3) is 5.69 Å². The van der Waals surface area contributed by atoms with Gasteiger partial charge >= 0.3 is 6.18 Å². The van der Waals surface area contributed by atoms with Gasteiger partial charge in [-0.15, -0.1) is 0 Å². The third-order valence-electron chi connectivity index (χ3n) is 4.55. The summed E-state index contributed by atoms with van der Waals surface area (Å²) in [5, 5.41) is 4.51. The minimum atomic E-state index is -4.37. The first kappa shape index (κ1) is 15.6. The van der Waals surface area contributed by atoms with Crippen LogP contribution in [0.1, 0.15) is 42.4 Å². The number of ether oxygens (including phenoxy) is 1. The first-order valence-electron chi connectivity index (χ1n) is 8.22. The summed E-state index contributed by atoms with van der Waals surface area (Å²) in [6.45, 7) is 1.41. The number of halogens is 3. The number of rotatable bonds is 4. The Morgan fingerprint density at radius 3 is 2.71 bits per heavy atom. The van der Waals surface area contributed by atoms with Gasteiger partial charge in [0.15, 0.2) is 5.82 Å². The Labute approximate surface area is 137 Å². The highest BCUT2D eigenvalue weighted by atomic mass is 19.4. The maximum Gasteiger partial charge on any atom is 0.416 e. The topological polar surface area (TPSA) is 39.9 Å². The van der Waals surface area contributed by atoms with Crippen LogP contribution in [0.3, 0.4) is 0 Å². The highest BCUT2D eigenvalue weighted by Crippen LogP contribution is 2.39. The maximum absolute atomic E-state index is 13.0. The van der Waals surface area contributed by atoms with E-state index >= 15 is 0 Å². The number of hydrogen-bond acceptors (Lipinski definition) is 3. The highest BCUT2D eigenvalue weighted by Gasteiger charge is 2.32. The van der Waals surface area contributed by atoms with E-state index in [-0.39, 0.29) is 0 Å². The molecule has 0 unspecified atom stereocenters. The molecule has 1 aliphatic heterocycles. The Bertz CT molecular complexity index is 731. The zero-order valence-electron chi connectivity index (χ0n) is 13.1. The monoisotopic (exact) mass is 337 g/mol. The van der Waals surface area contributed by atoms with Crippen LogP contribution in [0.2, 0.25) is 0 Å². The van der Waals surface area contributed by atoms with Crippen molar-refractivity contribution in [1.82, 2.24) is 14.8 Å². The van der Waals surface area contributed by atoms with Crippen LogP contribution >= 0.6 is 0 Å². The molecule has 0 spiro atoms. The second-order valence-corrected chi connectivity index (χ2v) is 6.55. The number of benzene rings is 1. The molecule has 2 heterocycles. The van der Waals surface area contributed by atoms with Crippen molar-refractivity contribution in [3.8, 4) is 5.69 Å². The maximum atomic E-state index is 13.0. The van der Waals surface area contributed by atoms with Gasteiger partial charge in [0.2, 0.25) is 0 Å². The molecule has 0 radical (unpaired) electrons. The summed E-state index contributed by atoms with van der Waals surface area (Å²) < 4.78 is 46.0. The number of aromatic nitrogens is 3. The van der Waals surface area contributed by atoms with Gasteiger partial charge in [0.05, 0.1) is 11.3 Å². The normalized spacial score (nSPS) is 21.4. The average molecular weight is 337 g/mol. The molecule has 7 heteroatoms. The predicted octanol–water partition coefficient (Wildman–Crippen LogP) is 3.74. The molecule has 0 N–H and O–H groups in total. The summed E-state index contributed by atoms with van der Waals surface area (Å²) in [5.41, 5.74) is -0.253. The van der Waals surface area contributed by atoms with Crippen LogP contribution in [-0.4, -0.2) is 28.0 Å². The molecule has 2 fully saturated rings. The molecule has 24 heavy (non-hydrogen) atoms. The summed E-state index contributed by atoms with van der Waals surface area (Å²) in [7, 11) is 0. The van der Waals surface area contributed by atoms with Gasteiger partial charge in [0, 0.05) is 25.6 Å². The van der Waals surface area contributed by atoms with E-state index in [2.05, 4.69) is 10.1 Å². The molecule has 4 rings (SSSR count). The van der Waals surface area contributed by atoms with Gasteiger partial charge in [-0.3, -0.25) is 0 Å². The third kappa shape index (κ3) is 3.17. The molecule has 0 bridgehead atoms. The van der Waals surface area contributed by atoms with E-state index in [4.69, 9.17) is 4.74 Å². The molecule has 1 aromatic carbocycles. The van der Waals surface area contributed by atoms with Crippen LogP contribution in [0.4, 0.5) is 13.2 Å². The van der Waals surface area contributed by atoms with E-state index in [1.165, 1.54) is 6.07 Å². The van der Waals surface area contributed by atoms with Crippen molar-refractivity contribution >= 4 is 0 Å². The van der Waals surface area contributed by atoms with Crippen LogP contribution < -0.4 is 0 Å². The van der Waals surface area contributed by atoms with Crippen molar-refractivity contribution < 1.29 is 17.9 Å². The minimum absolute atomic E-state index is 0.353. The second kappa shape index (κ2) is 5.88. The number of nitrogens with zero attached hydrogens (tertiary/aromatic N) is 3. The van der Waals surface area contributed by atoms with Crippen molar-refractivity contribution in [2.24, 2.45) is 5.92 Å². The number of hydrogen-bond donors (Lipinski definition) is 0. The van der Waals surface area contributed by atoms with Gasteiger partial charge in [0.1, 0.15) is 5.82 Å². The lowest BCUT2D eigenvalue weighted by atomic mass is 10.0. The second-order valence-electron chi connectivity index (χ2n) is 6.55. The molecule has 4 nitrogen and oxygen atoms in total. The van der Waals surface area contributed by atoms with Gasteiger partial charge in [-0.1, -0.05) is 6.07 Å². The van der Waals surface area contributed by atoms with E-state index in [0.717, 1.165) is 49.7 Å². The molecule has 1 saturated carbocycles. The van der Waals surface area contributed by atoms with Crippen LogP contribution in [0.15, 0.2) is 24.3 Å². The van der Waals surface area contributed by atoms with Gasteiger partial charge in [-0.25, -0.2) is 9.67 Å². The standard InChI is InChI=1S/C17H18F3N3O/c18-17(19,20)13-2-1-3-14(9-13)23-15(8-11-6-7-24-10-11)21-16(22-23)12-4-5-12/h1-3,9,11-12H,4-8,10H2/t11-/m1/s1. The summed E-state index contributed by atoms with van der Waals surface area (Å²) in [5.74, 6) is 2.19. The SMILES string of the molecule is FC(F)(F)c1cccc(-n2nc(C3CC3)nc2C[C@H]2CCOC2)c1. The van der Waals surface area contributed by atoms with Crippen molar-refractivity contribution in [2.75, 3.05) is 13.2 Å². The Morgan fingerprint density at radius 2 is 2.04 bits per heavy atom. The Morgan fingerprint density at radius 1 is 1.21 bits per heavy atom. The van der Waals surface area contributed by atoms with Crippen LogP contribution in [-0.2, 0) is 17.3 Å². The molecule has 0 amide bonds. The minimum Gasteiger partial charge on any atom is -0.381 e. The predicted molar refractivity (Wildman–Crippen MR) is 81.0 cm³/mol. The Kier molecular flexibility index (Phi) is 3.83. The molecule has 2 aliphatic rings. The average Bonchev–Trinajstić information content (AvgIpc) is 3.12. The molecular formula is C17H18F3N3O. The van der Waals surface area contributed by atoms with Crippen molar-refractivity contribution in [2.45, 2.75) is 37.8 Å². The van der Waals surface area contributed by atoms with E-state index in [9.17, 15) is 13.2 Å². The fourth-order valence-electron chi connectivity index (χ4n) is 3.03. The summed E-state index contributed by atoms with van der Waals surface area (Å²) in [4.78, 5) is 4.62. The van der Waals surface area contributed by atoms with E-state index in [1.54, 1.807) is 10.7 Å². The molecule has 1 atom stereocenters. The molecule has 1 aliphatic carbocycles. The van der Waals surface area contributed by atoms with Crippen molar-refractivity contribution in [3.63, 3.8) is 0 Å². The fraction of sp³-hybridized carbons (Fsp3) is 0.529. The highest BCUT2D eigenvalue weighted by molar-refractivity contribution is 5.37. The molecule has 128 valence electrons. The zero-order valence-corrected chi connectivity index (χ0v) is 13.1. The smallest absolute Gasteiger partial charge is 0.381 e. The Balaban J connectivity index is 1.70. The first-order chi connectivity index (χ1) is 11.5. The summed E-state index contributed by atoms with van der Waals surface area (Å²) >= 11 is 0. The van der Waals surface area contributed by atoms with E-state index < -0.39 is 11.7 Å². The molecular weight excluding hydrogens is 319 g/mol. The number of alkyl halides is 3. The van der Waals surface area contributed by atoms with E-state index in [0.29, 0.717) is 30.6 Å². The summed E-state index contributed by atoms with van der Waals surface area (Å²) in [6, 6.07) is 5.28. The van der Waals surface area contributed by atoms with E-state index in [1.807, 2.05) is 0 Å². The van der Waals surface area contributed by atoms with Gasteiger partial charge in [-0.2, -0.15) is 18.3 Å². The van der Waals surface area contributed by atoms with Gasteiger partial charge < -0.3 is 4.74 Å². The van der Waals surface area contributed by atoms with Gasteiger partial charge in [-0.05, 0) is 43.4 Å². The zero-order chi connectivity index (χ0) is 16.7.